The number of hydrogen-bond acceptors (Lipinski definition) is 3. The number of hydrogen-bond donors (Lipinski definition) is 0. The van der Waals surface area contributed by atoms with E-state index in [0.29, 0.717) is 17.1 Å². The summed E-state index contributed by atoms with van der Waals surface area (Å²) in [6.07, 6.45) is 0. The van der Waals surface area contributed by atoms with Crippen molar-refractivity contribution in [3.8, 4) is 11.5 Å². The van der Waals surface area contributed by atoms with E-state index in [1.807, 2.05) is 37.3 Å². The van der Waals surface area contributed by atoms with Crippen LogP contribution >= 0.6 is 0 Å². The monoisotopic (exact) mass is 242 g/mol. The third-order valence-corrected chi connectivity index (χ3v) is 2.51. The highest BCUT2D eigenvalue weighted by atomic mass is 16.5. The summed E-state index contributed by atoms with van der Waals surface area (Å²) in [5, 5.41) is 0. The van der Waals surface area contributed by atoms with Crippen molar-refractivity contribution in [3.05, 3.63) is 59.7 Å². The van der Waals surface area contributed by atoms with Crippen LogP contribution in [0.15, 0.2) is 48.5 Å². The molecule has 0 heterocycles. The Kier molecular flexibility index (Phi) is 3.63. The maximum atomic E-state index is 11.6. The summed E-state index contributed by atoms with van der Waals surface area (Å²) in [5.74, 6) is 0.791. The average Bonchev–Trinajstić information content (AvgIpc) is 2.38. The van der Waals surface area contributed by atoms with Gasteiger partial charge in [-0.15, -0.1) is 0 Å². The Hall–Kier alpha value is -2.29. The molecule has 92 valence electrons. The van der Waals surface area contributed by atoms with E-state index >= 15 is 0 Å². The topological polar surface area (TPSA) is 35.5 Å². The molecule has 3 heteroatoms. The van der Waals surface area contributed by atoms with Crippen molar-refractivity contribution >= 4 is 5.97 Å². The van der Waals surface area contributed by atoms with E-state index in [1.54, 1.807) is 18.2 Å². The summed E-state index contributed by atoms with van der Waals surface area (Å²) in [6, 6.07) is 14.7. The van der Waals surface area contributed by atoms with Crippen LogP contribution in [0.3, 0.4) is 0 Å². The Bertz CT molecular complexity index is 561. The second kappa shape index (κ2) is 5.36. The van der Waals surface area contributed by atoms with Crippen molar-refractivity contribution in [2.45, 2.75) is 6.92 Å². The molecule has 0 aromatic heterocycles. The Morgan fingerprint density at radius 2 is 1.83 bits per heavy atom. The number of carbonyl (C=O) groups is 1. The van der Waals surface area contributed by atoms with Crippen LogP contribution in [-0.4, -0.2) is 13.1 Å². The molecule has 2 aromatic rings. The van der Waals surface area contributed by atoms with Crippen LogP contribution in [0, 0.1) is 6.92 Å². The van der Waals surface area contributed by atoms with Gasteiger partial charge in [0.2, 0.25) is 0 Å². The highest BCUT2D eigenvalue weighted by Crippen LogP contribution is 2.26. The van der Waals surface area contributed by atoms with Gasteiger partial charge in [0, 0.05) is 0 Å². The Labute approximate surface area is 106 Å². The minimum absolute atomic E-state index is 0.404. The van der Waals surface area contributed by atoms with Crippen LogP contribution in [0.4, 0.5) is 0 Å². The fourth-order valence-electron chi connectivity index (χ4n) is 1.64. The minimum atomic E-state index is -0.404. The van der Waals surface area contributed by atoms with Crippen LogP contribution in [0.5, 0.6) is 11.5 Å². The van der Waals surface area contributed by atoms with Gasteiger partial charge in [0.15, 0.2) is 0 Å². The second-order valence-electron chi connectivity index (χ2n) is 3.91. The third kappa shape index (κ3) is 2.69. The smallest absolute Gasteiger partial charge is 0.341 e. The number of rotatable bonds is 3. The Balaban J connectivity index is 2.32. The number of benzene rings is 2. The zero-order chi connectivity index (χ0) is 13.0. The van der Waals surface area contributed by atoms with Gasteiger partial charge in [-0.2, -0.15) is 0 Å². The highest BCUT2D eigenvalue weighted by Gasteiger charge is 2.12. The fourth-order valence-corrected chi connectivity index (χ4v) is 1.64. The van der Waals surface area contributed by atoms with Gasteiger partial charge in [0.1, 0.15) is 17.1 Å². The highest BCUT2D eigenvalue weighted by molar-refractivity contribution is 5.92. The Morgan fingerprint density at radius 1 is 1.06 bits per heavy atom. The number of methoxy groups -OCH3 is 1. The molecule has 0 atom stereocenters. The molecule has 0 aliphatic rings. The molecular formula is C15H14O3. The molecule has 0 N–H and O–H groups in total. The number of ether oxygens (including phenoxy) is 2. The van der Waals surface area contributed by atoms with Gasteiger partial charge in [-0.1, -0.05) is 24.3 Å². The maximum absolute atomic E-state index is 11.6. The quantitative estimate of drug-likeness (QED) is 0.772. The van der Waals surface area contributed by atoms with E-state index in [4.69, 9.17) is 9.47 Å². The van der Waals surface area contributed by atoms with Crippen molar-refractivity contribution < 1.29 is 14.3 Å². The summed E-state index contributed by atoms with van der Waals surface area (Å²) >= 11 is 0. The number of carbonyl (C=O) groups excluding carboxylic acids is 1. The molecule has 0 spiro atoms. The van der Waals surface area contributed by atoms with E-state index in [0.717, 1.165) is 5.56 Å². The molecule has 0 unspecified atom stereocenters. The zero-order valence-corrected chi connectivity index (χ0v) is 10.3. The molecule has 0 saturated carbocycles. The molecule has 0 amide bonds. The standard InChI is InChI=1S/C15H14O3/c1-11-6-5-7-12(10-11)18-14-9-4-3-8-13(14)15(16)17-2/h3-10H,1-2H3. The van der Waals surface area contributed by atoms with Crippen LogP contribution in [0.1, 0.15) is 15.9 Å². The van der Waals surface area contributed by atoms with Crippen LogP contribution < -0.4 is 4.74 Å². The molecule has 3 nitrogen and oxygen atoms in total. The first kappa shape index (κ1) is 12.2. The van der Waals surface area contributed by atoms with Crippen LogP contribution in [0.2, 0.25) is 0 Å². The van der Waals surface area contributed by atoms with E-state index in [1.165, 1.54) is 7.11 Å². The molecule has 2 aromatic carbocycles. The van der Waals surface area contributed by atoms with Gasteiger partial charge in [0.25, 0.3) is 0 Å². The van der Waals surface area contributed by atoms with Gasteiger partial charge in [-0.3, -0.25) is 0 Å². The lowest BCUT2D eigenvalue weighted by atomic mass is 10.2. The van der Waals surface area contributed by atoms with E-state index < -0.39 is 5.97 Å². The summed E-state index contributed by atoms with van der Waals surface area (Å²) in [6.45, 7) is 1.99. The zero-order valence-electron chi connectivity index (χ0n) is 10.3. The summed E-state index contributed by atoms with van der Waals surface area (Å²) in [4.78, 5) is 11.6. The maximum Gasteiger partial charge on any atom is 0.341 e. The van der Waals surface area contributed by atoms with Crippen molar-refractivity contribution in [2.24, 2.45) is 0 Å². The fraction of sp³-hybridized carbons (Fsp3) is 0.133. The molecule has 0 radical (unpaired) electrons. The number of esters is 1. The number of aryl methyl sites for hydroxylation is 1. The molecule has 0 saturated heterocycles. The SMILES string of the molecule is COC(=O)c1ccccc1Oc1cccc(C)c1. The second-order valence-corrected chi connectivity index (χ2v) is 3.91. The van der Waals surface area contributed by atoms with Crippen LogP contribution in [-0.2, 0) is 4.74 Å². The van der Waals surface area contributed by atoms with Gasteiger partial charge in [-0.05, 0) is 36.8 Å². The molecule has 0 aliphatic carbocycles. The van der Waals surface area contributed by atoms with Crippen molar-refractivity contribution in [2.75, 3.05) is 7.11 Å². The summed E-state index contributed by atoms with van der Waals surface area (Å²) in [5.41, 5.74) is 1.52. The lowest BCUT2D eigenvalue weighted by molar-refractivity contribution is 0.0598. The molecule has 0 fully saturated rings. The normalized spacial score (nSPS) is 9.89. The predicted octanol–water partition coefficient (Wildman–Crippen LogP) is 3.57. The summed E-state index contributed by atoms with van der Waals surface area (Å²) in [7, 11) is 1.35. The van der Waals surface area contributed by atoms with Crippen LogP contribution in [0.25, 0.3) is 0 Å². The first-order valence-electron chi connectivity index (χ1n) is 5.62. The number of para-hydroxylation sites is 1. The molecular weight excluding hydrogens is 228 g/mol. The lowest BCUT2D eigenvalue weighted by Crippen LogP contribution is -2.03. The predicted molar refractivity (Wildman–Crippen MR) is 69.0 cm³/mol. The van der Waals surface area contributed by atoms with Gasteiger partial charge < -0.3 is 9.47 Å². The summed E-state index contributed by atoms with van der Waals surface area (Å²) < 4.78 is 10.4. The van der Waals surface area contributed by atoms with Crippen molar-refractivity contribution in [3.63, 3.8) is 0 Å². The van der Waals surface area contributed by atoms with Crippen molar-refractivity contribution in [1.29, 1.82) is 0 Å². The first-order valence-corrected chi connectivity index (χ1v) is 5.62. The van der Waals surface area contributed by atoms with Gasteiger partial charge in [0.05, 0.1) is 7.11 Å². The average molecular weight is 242 g/mol. The lowest BCUT2D eigenvalue weighted by Gasteiger charge is -2.09. The van der Waals surface area contributed by atoms with Crippen molar-refractivity contribution in [1.82, 2.24) is 0 Å². The first-order chi connectivity index (χ1) is 8.70. The Morgan fingerprint density at radius 3 is 2.56 bits per heavy atom. The van der Waals surface area contributed by atoms with E-state index in [9.17, 15) is 4.79 Å². The molecule has 0 aliphatic heterocycles. The minimum Gasteiger partial charge on any atom is -0.465 e. The van der Waals surface area contributed by atoms with E-state index in [-0.39, 0.29) is 0 Å². The van der Waals surface area contributed by atoms with Gasteiger partial charge in [-0.25, -0.2) is 4.79 Å². The largest absolute Gasteiger partial charge is 0.465 e. The molecule has 0 bridgehead atoms. The third-order valence-electron chi connectivity index (χ3n) is 2.51. The molecule has 18 heavy (non-hydrogen) atoms. The van der Waals surface area contributed by atoms with Gasteiger partial charge >= 0.3 is 5.97 Å². The molecule has 2 rings (SSSR count). The van der Waals surface area contributed by atoms with E-state index in [2.05, 4.69) is 0 Å².